The molecule has 2 saturated carbocycles. The minimum Gasteiger partial charge on any atom is -0.481 e. The number of nitrogens with one attached hydrogen (secondary N) is 1. The van der Waals surface area contributed by atoms with Crippen LogP contribution >= 0.6 is 0 Å². The first kappa shape index (κ1) is 13.4. The van der Waals surface area contributed by atoms with Crippen LogP contribution in [0.25, 0.3) is 0 Å². The van der Waals surface area contributed by atoms with Gasteiger partial charge in [-0.3, -0.25) is 9.59 Å². The van der Waals surface area contributed by atoms with E-state index in [2.05, 4.69) is 5.32 Å². The predicted molar refractivity (Wildman–Crippen MR) is 68.1 cm³/mol. The van der Waals surface area contributed by atoms with Crippen molar-refractivity contribution in [1.82, 2.24) is 5.32 Å². The number of hydrogen-bond donors (Lipinski definition) is 2. The van der Waals surface area contributed by atoms with Crippen molar-refractivity contribution in [2.45, 2.75) is 51.4 Å². The van der Waals surface area contributed by atoms with Gasteiger partial charge in [0.2, 0.25) is 5.91 Å². The van der Waals surface area contributed by atoms with Crippen molar-refractivity contribution in [2.75, 3.05) is 6.54 Å². The van der Waals surface area contributed by atoms with Gasteiger partial charge < -0.3 is 10.4 Å². The highest BCUT2D eigenvalue weighted by molar-refractivity contribution is 5.80. The maximum Gasteiger partial charge on any atom is 0.306 e. The minimum atomic E-state index is -0.747. The maximum atomic E-state index is 12.0. The molecule has 0 aromatic rings. The normalized spacial score (nSPS) is 29.1. The molecule has 18 heavy (non-hydrogen) atoms. The quantitative estimate of drug-likeness (QED) is 0.807. The number of carbonyl (C=O) groups excluding carboxylic acids is 1. The molecule has 2 aliphatic rings. The van der Waals surface area contributed by atoms with Crippen molar-refractivity contribution in [1.29, 1.82) is 0 Å². The summed E-state index contributed by atoms with van der Waals surface area (Å²) < 4.78 is 0. The molecule has 2 unspecified atom stereocenters. The molecular formula is C14H23NO3. The van der Waals surface area contributed by atoms with E-state index in [0.29, 0.717) is 12.3 Å². The zero-order valence-electron chi connectivity index (χ0n) is 10.9. The summed E-state index contributed by atoms with van der Waals surface area (Å²) in [6, 6.07) is 0. The lowest BCUT2D eigenvalue weighted by molar-refractivity contribution is -0.144. The van der Waals surface area contributed by atoms with Crippen LogP contribution in [0.2, 0.25) is 0 Å². The molecule has 0 heterocycles. The lowest BCUT2D eigenvalue weighted by atomic mass is 9.81. The molecule has 0 radical (unpaired) electrons. The Morgan fingerprint density at radius 1 is 1.00 bits per heavy atom. The Bertz CT molecular complexity index is 310. The topological polar surface area (TPSA) is 66.4 Å². The Morgan fingerprint density at radius 2 is 1.67 bits per heavy atom. The van der Waals surface area contributed by atoms with Crippen molar-refractivity contribution < 1.29 is 14.7 Å². The summed E-state index contributed by atoms with van der Waals surface area (Å²) in [5.41, 5.74) is 0. The molecule has 2 fully saturated rings. The highest BCUT2D eigenvalue weighted by Gasteiger charge is 2.31. The maximum absolute atomic E-state index is 12.0. The van der Waals surface area contributed by atoms with Crippen molar-refractivity contribution >= 4 is 11.9 Å². The second-order valence-corrected chi connectivity index (χ2v) is 5.79. The van der Waals surface area contributed by atoms with Crippen LogP contribution in [0.4, 0.5) is 0 Å². The average Bonchev–Trinajstić information content (AvgIpc) is 2.89. The van der Waals surface area contributed by atoms with Crippen LogP contribution in [0.5, 0.6) is 0 Å². The summed E-state index contributed by atoms with van der Waals surface area (Å²) >= 11 is 0. The number of carboxylic acid groups (broad SMARTS) is 1. The van der Waals surface area contributed by atoms with Gasteiger partial charge in [0.25, 0.3) is 0 Å². The number of rotatable bonds is 4. The highest BCUT2D eigenvalue weighted by atomic mass is 16.4. The van der Waals surface area contributed by atoms with E-state index in [0.717, 1.165) is 25.8 Å². The van der Waals surface area contributed by atoms with Crippen LogP contribution < -0.4 is 5.32 Å². The second kappa shape index (κ2) is 6.21. The van der Waals surface area contributed by atoms with Gasteiger partial charge in [0.1, 0.15) is 0 Å². The molecule has 4 nitrogen and oxygen atoms in total. The van der Waals surface area contributed by atoms with E-state index in [1.165, 1.54) is 25.7 Å². The van der Waals surface area contributed by atoms with Crippen LogP contribution in [0.3, 0.4) is 0 Å². The fourth-order valence-corrected chi connectivity index (χ4v) is 3.26. The summed E-state index contributed by atoms with van der Waals surface area (Å²) in [5.74, 6) is -0.425. The molecule has 0 spiro atoms. The molecule has 2 atom stereocenters. The van der Waals surface area contributed by atoms with E-state index >= 15 is 0 Å². The van der Waals surface area contributed by atoms with Gasteiger partial charge >= 0.3 is 5.97 Å². The van der Waals surface area contributed by atoms with Gasteiger partial charge in [-0.25, -0.2) is 0 Å². The third-order valence-corrected chi connectivity index (χ3v) is 4.43. The van der Waals surface area contributed by atoms with Crippen LogP contribution in [0.1, 0.15) is 51.4 Å². The summed E-state index contributed by atoms with van der Waals surface area (Å²) in [5, 5.41) is 12.0. The molecule has 0 saturated heterocycles. The van der Waals surface area contributed by atoms with Gasteiger partial charge in [-0.1, -0.05) is 19.3 Å². The van der Waals surface area contributed by atoms with Crippen LogP contribution in [-0.2, 0) is 9.59 Å². The molecule has 0 bridgehead atoms. The molecule has 0 aromatic carbocycles. The Hall–Kier alpha value is -1.06. The first-order chi connectivity index (χ1) is 8.66. The predicted octanol–water partition coefficient (Wildman–Crippen LogP) is 2.18. The second-order valence-electron chi connectivity index (χ2n) is 5.79. The van der Waals surface area contributed by atoms with Crippen LogP contribution in [-0.4, -0.2) is 23.5 Å². The van der Waals surface area contributed by atoms with Gasteiger partial charge in [0, 0.05) is 12.5 Å². The van der Waals surface area contributed by atoms with E-state index in [4.69, 9.17) is 5.11 Å². The monoisotopic (exact) mass is 253 g/mol. The van der Waals surface area contributed by atoms with Crippen molar-refractivity contribution in [3.63, 3.8) is 0 Å². The summed E-state index contributed by atoms with van der Waals surface area (Å²) in [6.07, 6.45) is 7.97. The Labute approximate surface area is 108 Å². The van der Waals surface area contributed by atoms with Crippen molar-refractivity contribution in [2.24, 2.45) is 17.8 Å². The first-order valence-corrected chi connectivity index (χ1v) is 7.17. The lowest BCUT2D eigenvalue weighted by Gasteiger charge is -2.26. The van der Waals surface area contributed by atoms with Gasteiger partial charge in [-0.2, -0.15) is 0 Å². The Balaban J connectivity index is 1.75. The molecule has 102 valence electrons. The van der Waals surface area contributed by atoms with Gasteiger partial charge in [-0.05, 0) is 38.0 Å². The van der Waals surface area contributed by atoms with Crippen LogP contribution in [0, 0.1) is 17.8 Å². The molecular weight excluding hydrogens is 230 g/mol. The third-order valence-electron chi connectivity index (χ3n) is 4.43. The molecule has 4 heteroatoms. The smallest absolute Gasteiger partial charge is 0.306 e. The van der Waals surface area contributed by atoms with Crippen molar-refractivity contribution in [3.8, 4) is 0 Å². The zero-order valence-corrected chi connectivity index (χ0v) is 10.9. The molecule has 0 aromatic heterocycles. The van der Waals surface area contributed by atoms with Gasteiger partial charge in [-0.15, -0.1) is 0 Å². The fraction of sp³-hybridized carbons (Fsp3) is 0.857. The standard InChI is InChI=1S/C14H23NO3/c16-13(15-9-10-4-1-2-5-10)11-6-3-7-12(8-11)14(17)18/h10-12H,1-9H2,(H,15,16)(H,17,18). The lowest BCUT2D eigenvalue weighted by Crippen LogP contribution is -2.37. The third kappa shape index (κ3) is 3.47. The fourth-order valence-electron chi connectivity index (χ4n) is 3.26. The van der Waals surface area contributed by atoms with Crippen molar-refractivity contribution in [3.05, 3.63) is 0 Å². The molecule has 0 aliphatic heterocycles. The zero-order chi connectivity index (χ0) is 13.0. The highest BCUT2D eigenvalue weighted by Crippen LogP contribution is 2.29. The largest absolute Gasteiger partial charge is 0.481 e. The van der Waals surface area contributed by atoms with E-state index in [9.17, 15) is 9.59 Å². The Kier molecular flexibility index (Phi) is 4.61. The number of carbonyl (C=O) groups is 2. The van der Waals surface area contributed by atoms with Gasteiger partial charge in [0.05, 0.1) is 5.92 Å². The van der Waals surface area contributed by atoms with E-state index in [1.807, 2.05) is 0 Å². The Morgan fingerprint density at radius 3 is 2.33 bits per heavy atom. The summed E-state index contributed by atoms with van der Waals surface area (Å²) in [6.45, 7) is 0.785. The number of carboxylic acids is 1. The minimum absolute atomic E-state index is 0.0767. The molecule has 1 amide bonds. The number of amides is 1. The summed E-state index contributed by atoms with van der Waals surface area (Å²) in [7, 11) is 0. The summed E-state index contributed by atoms with van der Waals surface area (Å²) in [4.78, 5) is 23.0. The van der Waals surface area contributed by atoms with Crippen LogP contribution in [0.15, 0.2) is 0 Å². The number of hydrogen-bond acceptors (Lipinski definition) is 2. The van der Waals surface area contributed by atoms with E-state index < -0.39 is 5.97 Å². The average molecular weight is 253 g/mol. The van der Waals surface area contributed by atoms with Gasteiger partial charge in [0.15, 0.2) is 0 Å². The van der Waals surface area contributed by atoms with E-state index in [1.54, 1.807) is 0 Å². The molecule has 2 N–H and O–H groups in total. The van der Waals surface area contributed by atoms with E-state index in [-0.39, 0.29) is 17.7 Å². The molecule has 2 aliphatic carbocycles. The number of aliphatic carboxylic acids is 1. The SMILES string of the molecule is O=C(O)C1CCCC(C(=O)NCC2CCCC2)C1. The first-order valence-electron chi connectivity index (χ1n) is 7.17. The molecule has 2 rings (SSSR count).